The van der Waals surface area contributed by atoms with Crippen molar-refractivity contribution in [2.75, 3.05) is 13.2 Å². The zero-order chi connectivity index (χ0) is 23.7. The van der Waals surface area contributed by atoms with Gasteiger partial charge in [-0.15, -0.1) is 0 Å². The minimum absolute atomic E-state index is 0.124. The molecule has 34 heavy (non-hydrogen) atoms. The van der Waals surface area contributed by atoms with Gasteiger partial charge in [-0.3, -0.25) is 9.59 Å². The SMILES string of the molecule is C[C@]12CC[C@H]3[C@@H](C[C@H]4O[C@]45CC=CC(=O)[C@]35C)[C@@H]1CC[C@@H]2[C@@H]1CO[C@]2(C)C[C@H]1OC(=O)[C@@H]2CO. The number of carbonyl (C=O) groups is 2. The van der Waals surface area contributed by atoms with Crippen molar-refractivity contribution < 1.29 is 28.9 Å². The molecule has 6 nitrogen and oxygen atoms in total. The second kappa shape index (κ2) is 6.74. The van der Waals surface area contributed by atoms with E-state index in [0.29, 0.717) is 36.7 Å². The van der Waals surface area contributed by atoms with Crippen LogP contribution >= 0.6 is 0 Å². The first kappa shape index (κ1) is 22.0. The average molecular weight is 471 g/mol. The highest BCUT2D eigenvalue weighted by Crippen LogP contribution is 2.73. The molecule has 3 saturated heterocycles. The maximum atomic E-state index is 13.3. The molecule has 0 aromatic carbocycles. The predicted octanol–water partition coefficient (Wildman–Crippen LogP) is 3.45. The molecule has 186 valence electrons. The lowest BCUT2D eigenvalue weighted by atomic mass is 9.44. The molecule has 3 aliphatic heterocycles. The molecule has 2 bridgehead atoms. The maximum Gasteiger partial charge on any atom is 0.314 e. The third-order valence-corrected chi connectivity index (χ3v) is 12.3. The van der Waals surface area contributed by atoms with Crippen LogP contribution in [0.15, 0.2) is 12.2 Å². The van der Waals surface area contributed by atoms with Gasteiger partial charge in [0.05, 0.1) is 30.3 Å². The summed E-state index contributed by atoms with van der Waals surface area (Å²) in [5.41, 5.74) is -1.08. The summed E-state index contributed by atoms with van der Waals surface area (Å²) >= 11 is 0. The van der Waals surface area contributed by atoms with Crippen molar-refractivity contribution in [2.24, 2.45) is 46.3 Å². The van der Waals surface area contributed by atoms with Crippen LogP contribution in [-0.2, 0) is 23.8 Å². The number of ketones is 1. The van der Waals surface area contributed by atoms with E-state index in [0.717, 1.165) is 32.1 Å². The lowest BCUT2D eigenvalue weighted by Crippen LogP contribution is -2.62. The number of hydrogen-bond acceptors (Lipinski definition) is 6. The van der Waals surface area contributed by atoms with Crippen LogP contribution in [-0.4, -0.2) is 53.5 Å². The van der Waals surface area contributed by atoms with Crippen LogP contribution in [0.2, 0.25) is 0 Å². The summed E-state index contributed by atoms with van der Waals surface area (Å²) in [6.07, 6.45) is 11.1. The Kier molecular flexibility index (Phi) is 4.36. The molecule has 0 unspecified atom stereocenters. The number of fused-ring (bicyclic) bond motifs is 6. The van der Waals surface area contributed by atoms with Crippen molar-refractivity contribution in [1.29, 1.82) is 0 Å². The van der Waals surface area contributed by atoms with E-state index < -0.39 is 11.5 Å². The van der Waals surface area contributed by atoms with E-state index in [2.05, 4.69) is 13.8 Å². The molecule has 7 rings (SSSR count). The number of carbonyl (C=O) groups excluding carboxylic acids is 2. The molecule has 1 N–H and O–H groups in total. The number of aliphatic hydroxyl groups excluding tert-OH is 1. The van der Waals surface area contributed by atoms with Gasteiger partial charge in [0.15, 0.2) is 5.78 Å². The largest absolute Gasteiger partial charge is 0.461 e. The Bertz CT molecular complexity index is 976. The summed E-state index contributed by atoms with van der Waals surface area (Å²) in [4.78, 5) is 26.0. The Morgan fingerprint density at radius 3 is 2.59 bits per heavy atom. The van der Waals surface area contributed by atoms with Gasteiger partial charge in [0.2, 0.25) is 0 Å². The average Bonchev–Trinajstić information content (AvgIpc) is 3.38. The Morgan fingerprint density at radius 2 is 1.82 bits per heavy atom. The van der Waals surface area contributed by atoms with Crippen molar-refractivity contribution in [2.45, 2.75) is 89.1 Å². The van der Waals surface area contributed by atoms with Crippen LogP contribution < -0.4 is 0 Å². The summed E-state index contributed by atoms with van der Waals surface area (Å²) in [5, 5.41) is 9.75. The molecule has 4 aliphatic carbocycles. The second-order valence-corrected chi connectivity index (χ2v) is 13.2. The molecule has 6 fully saturated rings. The van der Waals surface area contributed by atoms with E-state index in [1.54, 1.807) is 0 Å². The fraction of sp³-hybridized carbons (Fsp3) is 0.857. The van der Waals surface area contributed by atoms with Gasteiger partial charge >= 0.3 is 5.97 Å². The monoisotopic (exact) mass is 470 g/mol. The zero-order valence-corrected chi connectivity index (χ0v) is 20.6. The van der Waals surface area contributed by atoms with E-state index in [1.807, 2.05) is 19.1 Å². The molecule has 0 radical (unpaired) electrons. The molecule has 0 aromatic rings. The normalized spacial score (nSPS) is 59.4. The smallest absolute Gasteiger partial charge is 0.314 e. The Balaban J connectivity index is 1.17. The highest BCUT2D eigenvalue weighted by atomic mass is 16.6. The molecule has 1 spiro atoms. The van der Waals surface area contributed by atoms with Gasteiger partial charge in [-0.2, -0.15) is 0 Å². The Morgan fingerprint density at radius 1 is 1.06 bits per heavy atom. The van der Waals surface area contributed by atoms with E-state index in [-0.39, 0.29) is 52.9 Å². The van der Waals surface area contributed by atoms with Crippen molar-refractivity contribution in [1.82, 2.24) is 0 Å². The Labute approximate surface area is 201 Å². The molecular weight excluding hydrogens is 432 g/mol. The van der Waals surface area contributed by atoms with Gasteiger partial charge in [-0.1, -0.05) is 13.0 Å². The quantitative estimate of drug-likeness (QED) is 0.492. The van der Waals surface area contributed by atoms with Crippen LogP contribution in [0.4, 0.5) is 0 Å². The first-order valence-electron chi connectivity index (χ1n) is 13.5. The molecule has 7 aliphatic rings. The Hall–Kier alpha value is -1.24. The van der Waals surface area contributed by atoms with Crippen molar-refractivity contribution in [3.63, 3.8) is 0 Å². The minimum atomic E-state index is -0.624. The summed E-state index contributed by atoms with van der Waals surface area (Å²) in [6.45, 7) is 7.01. The molecular formula is C28H38O6. The lowest BCUT2D eigenvalue weighted by Gasteiger charge is -2.58. The van der Waals surface area contributed by atoms with Gasteiger partial charge in [0.1, 0.15) is 17.6 Å². The highest BCUT2D eigenvalue weighted by Gasteiger charge is 2.77. The fourth-order valence-electron chi connectivity index (χ4n) is 10.3. The predicted molar refractivity (Wildman–Crippen MR) is 123 cm³/mol. The van der Waals surface area contributed by atoms with Gasteiger partial charge in [-0.05, 0) is 87.5 Å². The van der Waals surface area contributed by atoms with Crippen molar-refractivity contribution in [3.8, 4) is 0 Å². The number of esters is 1. The van der Waals surface area contributed by atoms with E-state index in [9.17, 15) is 14.7 Å². The van der Waals surface area contributed by atoms with E-state index in [4.69, 9.17) is 14.2 Å². The van der Waals surface area contributed by atoms with Crippen LogP contribution in [0.25, 0.3) is 0 Å². The summed E-state index contributed by atoms with van der Waals surface area (Å²) in [5.74, 6) is 1.53. The third-order valence-electron chi connectivity index (χ3n) is 12.3. The van der Waals surface area contributed by atoms with Gasteiger partial charge < -0.3 is 19.3 Å². The number of rotatable bonds is 2. The molecule has 0 amide bonds. The summed E-state index contributed by atoms with van der Waals surface area (Å²) in [6, 6.07) is 0. The molecule has 3 saturated carbocycles. The van der Waals surface area contributed by atoms with Gasteiger partial charge in [0.25, 0.3) is 0 Å². The van der Waals surface area contributed by atoms with Crippen LogP contribution in [0.5, 0.6) is 0 Å². The fourth-order valence-corrected chi connectivity index (χ4v) is 10.3. The number of aliphatic hydroxyl groups is 1. The van der Waals surface area contributed by atoms with Crippen molar-refractivity contribution in [3.05, 3.63) is 12.2 Å². The van der Waals surface area contributed by atoms with Crippen LogP contribution in [0.3, 0.4) is 0 Å². The highest BCUT2D eigenvalue weighted by molar-refractivity contribution is 5.97. The maximum absolute atomic E-state index is 13.3. The zero-order valence-electron chi connectivity index (χ0n) is 20.6. The number of allylic oxidation sites excluding steroid dienone is 1. The number of hydrogen-bond donors (Lipinski definition) is 1. The molecule has 3 heterocycles. The van der Waals surface area contributed by atoms with Crippen LogP contribution in [0.1, 0.15) is 65.7 Å². The summed E-state index contributed by atoms with van der Waals surface area (Å²) < 4.78 is 18.7. The topological polar surface area (TPSA) is 85.4 Å². The lowest BCUT2D eigenvalue weighted by molar-refractivity contribution is -0.240. The standard InChI is InChI=1S/C28H38O6/c1-25-10-8-19-15(11-23-28(34-23)9-4-5-22(30)27(19,28)3)17(25)6-7-18(25)16-14-32-26(2)12-21(16)33-24(31)20(26)13-29/h4-5,15-21,23,29H,6-14H2,1-3H3/t15-,16-,17-,18+,19-,20-,21+,23+,25-,26+,27-,28+/m0/s1. The first-order chi connectivity index (χ1) is 16.2. The van der Waals surface area contributed by atoms with E-state index >= 15 is 0 Å². The third kappa shape index (κ3) is 2.44. The van der Waals surface area contributed by atoms with E-state index in [1.165, 1.54) is 6.42 Å². The molecule has 0 aromatic heterocycles. The number of ether oxygens (including phenoxy) is 3. The number of epoxide rings is 1. The second-order valence-electron chi connectivity index (χ2n) is 13.2. The molecule has 6 heteroatoms. The first-order valence-corrected chi connectivity index (χ1v) is 13.5. The van der Waals surface area contributed by atoms with Gasteiger partial charge in [-0.25, -0.2) is 0 Å². The van der Waals surface area contributed by atoms with Crippen molar-refractivity contribution >= 4 is 11.8 Å². The van der Waals surface area contributed by atoms with Gasteiger partial charge in [0, 0.05) is 12.3 Å². The van der Waals surface area contributed by atoms with Crippen LogP contribution in [0, 0.1) is 46.3 Å². The molecule has 12 atom stereocenters. The summed E-state index contributed by atoms with van der Waals surface area (Å²) in [7, 11) is 0. The minimum Gasteiger partial charge on any atom is -0.461 e.